The van der Waals surface area contributed by atoms with Crippen molar-refractivity contribution in [3.8, 4) is 11.5 Å². The van der Waals surface area contributed by atoms with Crippen molar-refractivity contribution < 1.29 is 14.2 Å². The van der Waals surface area contributed by atoms with E-state index in [1.165, 1.54) is 16.7 Å². The van der Waals surface area contributed by atoms with Crippen LogP contribution in [0.2, 0.25) is 0 Å². The van der Waals surface area contributed by atoms with Crippen molar-refractivity contribution in [3.05, 3.63) is 59.2 Å². The molecule has 2 N–H and O–H groups in total. The van der Waals surface area contributed by atoms with Gasteiger partial charge in [0.15, 0.2) is 5.96 Å². The molecule has 1 heterocycles. The van der Waals surface area contributed by atoms with E-state index in [9.17, 15) is 0 Å². The van der Waals surface area contributed by atoms with E-state index in [1.54, 1.807) is 14.2 Å². The van der Waals surface area contributed by atoms with Crippen molar-refractivity contribution in [3.63, 3.8) is 0 Å². The number of hydrogen-bond donors (Lipinski definition) is 2. The Kier molecular flexibility index (Phi) is 10.6. The van der Waals surface area contributed by atoms with E-state index in [0.717, 1.165) is 63.0 Å². The van der Waals surface area contributed by atoms with Crippen LogP contribution in [0.1, 0.15) is 29.5 Å². The fourth-order valence-corrected chi connectivity index (χ4v) is 4.13. The van der Waals surface area contributed by atoms with Crippen LogP contribution in [-0.4, -0.2) is 53.5 Å². The van der Waals surface area contributed by atoms with Gasteiger partial charge in [-0.1, -0.05) is 29.8 Å². The molecular weight excluding hydrogens is 517 g/mol. The Morgan fingerprint density at radius 3 is 2.38 bits per heavy atom. The number of halogens is 1. The molecule has 32 heavy (non-hydrogen) atoms. The maximum atomic E-state index is 5.72. The molecule has 0 spiro atoms. The van der Waals surface area contributed by atoms with Gasteiger partial charge in [-0.25, -0.2) is 0 Å². The number of methoxy groups -OCH3 is 2. The van der Waals surface area contributed by atoms with Gasteiger partial charge in [-0.3, -0.25) is 4.99 Å². The number of nitrogens with zero attached hydrogens (tertiary/aromatic N) is 1. The first-order valence-corrected chi connectivity index (χ1v) is 10.9. The van der Waals surface area contributed by atoms with Crippen molar-refractivity contribution in [2.45, 2.75) is 31.6 Å². The summed E-state index contributed by atoms with van der Waals surface area (Å²) in [5, 5.41) is 7.00. The van der Waals surface area contributed by atoms with Gasteiger partial charge in [-0.2, -0.15) is 0 Å². The number of hydrogen-bond acceptors (Lipinski definition) is 4. The number of rotatable bonds is 8. The number of ether oxygens (including phenoxy) is 3. The van der Waals surface area contributed by atoms with Gasteiger partial charge >= 0.3 is 0 Å². The van der Waals surface area contributed by atoms with E-state index >= 15 is 0 Å². The quantitative estimate of drug-likeness (QED) is 0.293. The van der Waals surface area contributed by atoms with Crippen molar-refractivity contribution in [1.82, 2.24) is 10.6 Å². The molecule has 0 unspecified atom stereocenters. The number of aliphatic imine (C=N–C) groups is 1. The van der Waals surface area contributed by atoms with Gasteiger partial charge in [0.25, 0.3) is 0 Å². The maximum Gasteiger partial charge on any atom is 0.191 e. The normalized spacial score (nSPS) is 15.4. The summed E-state index contributed by atoms with van der Waals surface area (Å²) < 4.78 is 16.6. The van der Waals surface area contributed by atoms with E-state index in [1.807, 2.05) is 19.2 Å². The molecule has 176 valence electrons. The average molecular weight is 553 g/mol. The summed E-state index contributed by atoms with van der Waals surface area (Å²) in [4.78, 5) is 4.43. The third kappa shape index (κ3) is 6.75. The Hall–Kier alpha value is -2.00. The third-order valence-corrected chi connectivity index (χ3v) is 6.06. The molecule has 2 aromatic carbocycles. The van der Waals surface area contributed by atoms with Crippen LogP contribution >= 0.6 is 24.0 Å². The monoisotopic (exact) mass is 553 g/mol. The van der Waals surface area contributed by atoms with Crippen LogP contribution < -0.4 is 20.1 Å². The first kappa shape index (κ1) is 26.3. The third-order valence-electron chi connectivity index (χ3n) is 6.06. The highest BCUT2D eigenvalue weighted by Gasteiger charge is 2.37. The van der Waals surface area contributed by atoms with Gasteiger partial charge in [0.1, 0.15) is 11.5 Å². The molecule has 3 rings (SSSR count). The predicted octanol–water partition coefficient (Wildman–Crippen LogP) is 4.09. The van der Waals surface area contributed by atoms with E-state index in [2.05, 4.69) is 52.9 Å². The minimum Gasteiger partial charge on any atom is -0.497 e. The highest BCUT2D eigenvalue weighted by atomic mass is 127. The van der Waals surface area contributed by atoms with Crippen LogP contribution in [0.3, 0.4) is 0 Å². The van der Waals surface area contributed by atoms with Crippen molar-refractivity contribution in [2.75, 3.05) is 47.6 Å². The molecule has 0 saturated carbocycles. The van der Waals surface area contributed by atoms with Crippen molar-refractivity contribution in [1.29, 1.82) is 0 Å². The summed E-state index contributed by atoms with van der Waals surface area (Å²) in [6.45, 7) is 5.21. The van der Waals surface area contributed by atoms with Crippen LogP contribution in [0.15, 0.2) is 47.5 Å². The number of benzene rings is 2. The van der Waals surface area contributed by atoms with Gasteiger partial charge in [0, 0.05) is 44.3 Å². The van der Waals surface area contributed by atoms with Crippen LogP contribution in [0.25, 0.3) is 0 Å². The number of guanidine groups is 1. The second kappa shape index (κ2) is 12.9. The Bertz CT molecular complexity index is 865. The summed E-state index contributed by atoms with van der Waals surface area (Å²) in [6, 6.07) is 14.6. The Morgan fingerprint density at radius 2 is 1.75 bits per heavy atom. The topological polar surface area (TPSA) is 64.1 Å². The van der Waals surface area contributed by atoms with E-state index in [-0.39, 0.29) is 29.4 Å². The zero-order chi connectivity index (χ0) is 22.1. The number of nitrogens with one attached hydrogen (secondary N) is 2. The minimum atomic E-state index is -0.0524. The molecule has 0 atom stereocenters. The smallest absolute Gasteiger partial charge is 0.191 e. The molecule has 2 aromatic rings. The molecule has 1 aliphatic heterocycles. The molecule has 0 radical (unpaired) electrons. The summed E-state index contributed by atoms with van der Waals surface area (Å²) >= 11 is 0. The van der Waals surface area contributed by atoms with Crippen LogP contribution in [0, 0.1) is 6.92 Å². The highest BCUT2D eigenvalue weighted by molar-refractivity contribution is 14.0. The maximum absolute atomic E-state index is 5.72. The molecule has 1 fully saturated rings. The lowest BCUT2D eigenvalue weighted by Gasteiger charge is -2.39. The van der Waals surface area contributed by atoms with Crippen molar-refractivity contribution >= 4 is 29.9 Å². The molecule has 0 aromatic heterocycles. The zero-order valence-electron chi connectivity index (χ0n) is 19.6. The van der Waals surface area contributed by atoms with Gasteiger partial charge < -0.3 is 24.8 Å². The fourth-order valence-electron chi connectivity index (χ4n) is 4.13. The van der Waals surface area contributed by atoms with Gasteiger partial charge in [0.05, 0.1) is 14.2 Å². The second-order valence-electron chi connectivity index (χ2n) is 8.05. The molecule has 0 bridgehead atoms. The van der Waals surface area contributed by atoms with E-state index in [4.69, 9.17) is 14.2 Å². The van der Waals surface area contributed by atoms with E-state index in [0.29, 0.717) is 0 Å². The largest absolute Gasteiger partial charge is 0.497 e. The Morgan fingerprint density at radius 1 is 1.03 bits per heavy atom. The molecule has 6 nitrogen and oxygen atoms in total. The van der Waals surface area contributed by atoms with Crippen LogP contribution in [0.5, 0.6) is 11.5 Å². The summed E-state index contributed by atoms with van der Waals surface area (Å²) in [5.41, 5.74) is 3.70. The number of aryl methyl sites for hydroxylation is 1. The molecule has 0 amide bonds. The van der Waals surface area contributed by atoms with Crippen molar-refractivity contribution in [2.24, 2.45) is 4.99 Å². The Labute approximate surface area is 209 Å². The summed E-state index contributed by atoms with van der Waals surface area (Å²) in [7, 11) is 5.24. The van der Waals surface area contributed by atoms with E-state index < -0.39 is 0 Å². The molecule has 1 saturated heterocycles. The first-order chi connectivity index (χ1) is 15.1. The van der Waals surface area contributed by atoms with Gasteiger partial charge in [-0.05, 0) is 49.9 Å². The summed E-state index contributed by atoms with van der Waals surface area (Å²) in [6.07, 6.45) is 2.81. The lowest BCUT2D eigenvalue weighted by atomic mass is 9.73. The fraction of sp³-hybridized carbons (Fsp3) is 0.480. The Balaban J connectivity index is 0.00000363. The molecular formula is C25H36IN3O3. The molecule has 7 heteroatoms. The van der Waals surface area contributed by atoms with Gasteiger partial charge in [-0.15, -0.1) is 24.0 Å². The predicted molar refractivity (Wildman–Crippen MR) is 141 cm³/mol. The first-order valence-electron chi connectivity index (χ1n) is 10.9. The standard InChI is InChI=1S/C25H35N3O3.HI/c1-19-5-10-23(30-4)22(17-19)25(12-15-31-16-13-25)18-28-24(26-2)27-14-11-20-6-8-21(29-3)9-7-20;/h5-10,17H,11-16,18H2,1-4H3,(H2,26,27,28);1H. The second-order valence-corrected chi connectivity index (χ2v) is 8.05. The zero-order valence-corrected chi connectivity index (χ0v) is 21.9. The van der Waals surface area contributed by atoms with Crippen LogP contribution in [-0.2, 0) is 16.6 Å². The highest BCUT2D eigenvalue weighted by Crippen LogP contribution is 2.40. The lowest BCUT2D eigenvalue weighted by Crippen LogP contribution is -2.48. The average Bonchev–Trinajstić information content (AvgIpc) is 2.82. The lowest BCUT2D eigenvalue weighted by molar-refractivity contribution is 0.0505. The minimum absolute atomic E-state index is 0. The molecule has 1 aliphatic rings. The van der Waals surface area contributed by atoms with Gasteiger partial charge in [0.2, 0.25) is 0 Å². The SMILES string of the molecule is CN=C(NCCc1ccc(OC)cc1)NCC1(c2cc(C)ccc2OC)CCOCC1.I. The summed E-state index contributed by atoms with van der Waals surface area (Å²) in [5.74, 6) is 2.63. The molecule has 0 aliphatic carbocycles. The van der Waals surface area contributed by atoms with Crippen LogP contribution in [0.4, 0.5) is 0 Å².